The topological polar surface area (TPSA) is 42.0 Å². The maximum atomic E-state index is 11.5. The van der Waals surface area contributed by atoms with Gasteiger partial charge in [-0.25, -0.2) is 0 Å². The van der Waals surface area contributed by atoms with E-state index in [1.807, 2.05) is 0 Å². The molecule has 68 valence electrons. The van der Waals surface area contributed by atoms with E-state index in [1.54, 1.807) is 12.3 Å². The molecular weight excluding hydrogens is 188 g/mol. The van der Waals surface area contributed by atoms with Crippen molar-refractivity contribution in [1.29, 1.82) is 0 Å². The molecule has 0 atom stereocenters. The maximum absolute atomic E-state index is 11.5. The molecular formula is C9H9ClN2O. The molecule has 0 unspecified atom stereocenters. The maximum Gasteiger partial charge on any atom is 0.253 e. The number of aromatic nitrogens is 1. The van der Waals surface area contributed by atoms with E-state index >= 15 is 0 Å². The van der Waals surface area contributed by atoms with Gasteiger partial charge in [-0.15, -0.1) is 0 Å². The van der Waals surface area contributed by atoms with E-state index in [0.29, 0.717) is 16.6 Å². The van der Waals surface area contributed by atoms with Gasteiger partial charge in [0.2, 0.25) is 0 Å². The van der Waals surface area contributed by atoms with Crippen molar-refractivity contribution in [3.8, 4) is 0 Å². The zero-order valence-electron chi connectivity index (χ0n) is 6.96. The molecule has 1 aliphatic rings. The summed E-state index contributed by atoms with van der Waals surface area (Å²) in [5.74, 6) is -0.102. The summed E-state index contributed by atoms with van der Waals surface area (Å²) in [6.45, 7) is 0. The number of amides is 1. The first kappa shape index (κ1) is 8.51. The summed E-state index contributed by atoms with van der Waals surface area (Å²) < 4.78 is 0. The summed E-state index contributed by atoms with van der Waals surface area (Å²) in [5.41, 5.74) is 0.503. The number of nitrogens with zero attached hydrogens (tertiary/aromatic N) is 1. The highest BCUT2D eigenvalue weighted by Gasteiger charge is 2.24. The Labute approximate surface area is 81.1 Å². The summed E-state index contributed by atoms with van der Waals surface area (Å²) in [6.07, 6.45) is 5.19. The minimum Gasteiger partial charge on any atom is -0.349 e. The van der Waals surface area contributed by atoms with Crippen LogP contribution in [0, 0.1) is 0 Å². The average molecular weight is 197 g/mol. The summed E-state index contributed by atoms with van der Waals surface area (Å²) in [5, 5.41) is 3.26. The van der Waals surface area contributed by atoms with E-state index in [9.17, 15) is 4.79 Å². The van der Waals surface area contributed by atoms with Crippen LogP contribution < -0.4 is 5.32 Å². The van der Waals surface area contributed by atoms with Gasteiger partial charge in [-0.3, -0.25) is 9.78 Å². The molecule has 3 nitrogen and oxygen atoms in total. The Balaban J connectivity index is 2.13. The molecule has 0 bridgehead atoms. The van der Waals surface area contributed by atoms with Gasteiger partial charge in [0, 0.05) is 18.4 Å². The van der Waals surface area contributed by atoms with Crippen molar-refractivity contribution < 1.29 is 4.79 Å². The Morgan fingerprint density at radius 1 is 1.62 bits per heavy atom. The smallest absolute Gasteiger partial charge is 0.253 e. The molecule has 1 aliphatic carbocycles. The van der Waals surface area contributed by atoms with Gasteiger partial charge in [0.05, 0.1) is 10.6 Å². The Morgan fingerprint density at radius 2 is 2.38 bits per heavy atom. The van der Waals surface area contributed by atoms with E-state index < -0.39 is 0 Å². The predicted octanol–water partition coefficient (Wildman–Crippen LogP) is 1.63. The number of rotatable bonds is 2. The predicted molar refractivity (Wildman–Crippen MR) is 49.7 cm³/mol. The molecule has 13 heavy (non-hydrogen) atoms. The standard InChI is InChI=1S/C9H9ClN2O/c10-8-5-11-4-3-7(8)9(13)12-6-1-2-6/h3-6H,1-2H2,(H,12,13). The molecule has 1 saturated carbocycles. The molecule has 1 fully saturated rings. The van der Waals surface area contributed by atoms with E-state index in [2.05, 4.69) is 10.3 Å². The van der Waals surface area contributed by atoms with Crippen LogP contribution in [0.5, 0.6) is 0 Å². The first-order valence-electron chi connectivity index (χ1n) is 4.18. The third kappa shape index (κ3) is 1.98. The number of pyridine rings is 1. The minimum atomic E-state index is -0.102. The normalized spacial score (nSPS) is 15.5. The first-order chi connectivity index (χ1) is 6.27. The first-order valence-corrected chi connectivity index (χ1v) is 4.55. The van der Waals surface area contributed by atoms with E-state index in [0.717, 1.165) is 12.8 Å². The molecule has 2 rings (SSSR count). The van der Waals surface area contributed by atoms with Crippen LogP contribution in [-0.4, -0.2) is 16.9 Å². The lowest BCUT2D eigenvalue weighted by Gasteiger charge is -2.03. The summed E-state index contributed by atoms with van der Waals surface area (Å²) in [4.78, 5) is 15.3. The Hall–Kier alpha value is -1.09. The fraction of sp³-hybridized carbons (Fsp3) is 0.333. The molecule has 1 aromatic rings. The summed E-state index contributed by atoms with van der Waals surface area (Å²) in [6, 6.07) is 1.98. The molecule has 1 aromatic heterocycles. The Morgan fingerprint density at radius 3 is 3.00 bits per heavy atom. The number of carbonyl (C=O) groups excluding carboxylic acids is 1. The van der Waals surface area contributed by atoms with Gasteiger partial charge in [-0.05, 0) is 18.9 Å². The Bertz CT molecular complexity index is 336. The van der Waals surface area contributed by atoms with Gasteiger partial charge >= 0.3 is 0 Å². The second-order valence-corrected chi connectivity index (χ2v) is 3.51. The SMILES string of the molecule is O=C(NC1CC1)c1ccncc1Cl. The number of nitrogens with one attached hydrogen (secondary N) is 1. The fourth-order valence-corrected chi connectivity index (χ4v) is 1.26. The lowest BCUT2D eigenvalue weighted by molar-refractivity contribution is 0.0951. The molecule has 0 spiro atoms. The van der Waals surface area contributed by atoms with Crippen LogP contribution in [0.1, 0.15) is 23.2 Å². The third-order valence-corrected chi connectivity index (χ3v) is 2.23. The highest BCUT2D eigenvalue weighted by molar-refractivity contribution is 6.33. The largest absolute Gasteiger partial charge is 0.349 e. The van der Waals surface area contributed by atoms with Gasteiger partial charge in [-0.2, -0.15) is 0 Å². The van der Waals surface area contributed by atoms with Crippen molar-refractivity contribution in [3.05, 3.63) is 29.0 Å². The number of carbonyl (C=O) groups is 1. The van der Waals surface area contributed by atoms with Crippen molar-refractivity contribution in [2.45, 2.75) is 18.9 Å². The lowest BCUT2D eigenvalue weighted by atomic mass is 10.2. The second kappa shape index (κ2) is 3.34. The highest BCUT2D eigenvalue weighted by atomic mass is 35.5. The van der Waals surface area contributed by atoms with Crippen molar-refractivity contribution in [1.82, 2.24) is 10.3 Å². The van der Waals surface area contributed by atoms with E-state index in [-0.39, 0.29) is 5.91 Å². The summed E-state index contributed by atoms with van der Waals surface area (Å²) in [7, 11) is 0. The fourth-order valence-electron chi connectivity index (χ4n) is 1.05. The zero-order valence-corrected chi connectivity index (χ0v) is 7.71. The van der Waals surface area contributed by atoms with Gasteiger partial charge in [-0.1, -0.05) is 11.6 Å². The van der Waals surface area contributed by atoms with Crippen molar-refractivity contribution in [2.75, 3.05) is 0 Å². The zero-order chi connectivity index (χ0) is 9.26. The van der Waals surface area contributed by atoms with E-state index in [1.165, 1.54) is 6.20 Å². The number of hydrogen-bond acceptors (Lipinski definition) is 2. The third-order valence-electron chi connectivity index (χ3n) is 1.93. The highest BCUT2D eigenvalue weighted by Crippen LogP contribution is 2.20. The minimum absolute atomic E-state index is 0.102. The van der Waals surface area contributed by atoms with Crippen LogP contribution in [0.3, 0.4) is 0 Å². The monoisotopic (exact) mass is 196 g/mol. The van der Waals surface area contributed by atoms with Crippen molar-refractivity contribution >= 4 is 17.5 Å². The number of halogens is 1. The molecule has 1 heterocycles. The average Bonchev–Trinajstić information content (AvgIpc) is 2.89. The van der Waals surface area contributed by atoms with Crippen LogP contribution in [0.25, 0.3) is 0 Å². The quantitative estimate of drug-likeness (QED) is 0.781. The molecule has 1 amide bonds. The van der Waals surface area contributed by atoms with Crippen LogP contribution in [-0.2, 0) is 0 Å². The van der Waals surface area contributed by atoms with Gasteiger partial charge < -0.3 is 5.32 Å². The molecule has 0 radical (unpaired) electrons. The van der Waals surface area contributed by atoms with Crippen LogP contribution in [0.15, 0.2) is 18.5 Å². The van der Waals surface area contributed by atoms with Gasteiger partial charge in [0.15, 0.2) is 0 Å². The molecule has 1 N–H and O–H groups in total. The van der Waals surface area contributed by atoms with Crippen molar-refractivity contribution in [3.63, 3.8) is 0 Å². The van der Waals surface area contributed by atoms with Crippen molar-refractivity contribution in [2.24, 2.45) is 0 Å². The number of hydrogen-bond donors (Lipinski definition) is 1. The lowest BCUT2D eigenvalue weighted by Crippen LogP contribution is -2.25. The molecule has 0 aliphatic heterocycles. The van der Waals surface area contributed by atoms with Gasteiger partial charge in [0.25, 0.3) is 5.91 Å². The Kier molecular flexibility index (Phi) is 2.19. The van der Waals surface area contributed by atoms with Gasteiger partial charge in [0.1, 0.15) is 0 Å². The summed E-state index contributed by atoms with van der Waals surface area (Å²) >= 11 is 5.80. The van der Waals surface area contributed by atoms with Crippen LogP contribution in [0.2, 0.25) is 5.02 Å². The van der Waals surface area contributed by atoms with Crippen LogP contribution >= 0.6 is 11.6 Å². The van der Waals surface area contributed by atoms with E-state index in [4.69, 9.17) is 11.6 Å². The molecule has 4 heteroatoms. The van der Waals surface area contributed by atoms with Crippen LogP contribution in [0.4, 0.5) is 0 Å². The molecule has 0 saturated heterocycles. The second-order valence-electron chi connectivity index (χ2n) is 3.10. The molecule has 0 aromatic carbocycles.